The molecule has 1 unspecified atom stereocenters. The van der Waals surface area contributed by atoms with E-state index in [-0.39, 0.29) is 12.5 Å². The first-order valence-electron chi connectivity index (χ1n) is 6.28. The molecule has 0 amide bonds. The highest BCUT2D eigenvalue weighted by molar-refractivity contribution is 5.63. The van der Waals surface area contributed by atoms with Crippen molar-refractivity contribution in [1.82, 2.24) is 0 Å². The van der Waals surface area contributed by atoms with Crippen LogP contribution in [0.5, 0.6) is 23.0 Å². The maximum atomic E-state index is 13.2. The van der Waals surface area contributed by atoms with Gasteiger partial charge in [-0.25, -0.2) is 4.39 Å². The molecular weight excluding hydrogens is 261 g/mol. The van der Waals surface area contributed by atoms with Crippen LogP contribution in [0.15, 0.2) is 30.3 Å². The largest absolute Gasteiger partial charge is 0.449 e. The van der Waals surface area contributed by atoms with E-state index in [9.17, 15) is 9.50 Å². The fourth-order valence-electron chi connectivity index (χ4n) is 2.16. The van der Waals surface area contributed by atoms with Gasteiger partial charge in [0.25, 0.3) is 0 Å². The summed E-state index contributed by atoms with van der Waals surface area (Å²) in [5.41, 5.74) is 7.26. The molecule has 20 heavy (non-hydrogen) atoms. The van der Waals surface area contributed by atoms with Crippen LogP contribution in [0.4, 0.5) is 10.1 Å². The molecule has 0 radical (unpaired) electrons. The highest BCUT2D eigenvalue weighted by atomic mass is 19.1. The number of ether oxygens (including phenoxy) is 2. The van der Waals surface area contributed by atoms with Gasteiger partial charge in [0.1, 0.15) is 5.82 Å². The molecule has 3 N–H and O–H groups in total. The van der Waals surface area contributed by atoms with Crippen molar-refractivity contribution >= 4 is 5.69 Å². The maximum Gasteiger partial charge on any atom is 0.173 e. The second-order valence-electron chi connectivity index (χ2n) is 4.81. The number of anilines is 1. The van der Waals surface area contributed by atoms with Gasteiger partial charge in [0.05, 0.1) is 0 Å². The van der Waals surface area contributed by atoms with E-state index in [1.807, 2.05) is 6.92 Å². The highest BCUT2D eigenvalue weighted by Gasteiger charge is 2.22. The number of hydrogen-bond acceptors (Lipinski definition) is 4. The SMILES string of the molecule is CC(CO)c1cc2c(cc1N)Oc1ccc(F)cc1O2. The Hall–Kier alpha value is -2.27. The van der Waals surface area contributed by atoms with Crippen LogP contribution < -0.4 is 15.2 Å². The van der Waals surface area contributed by atoms with Crippen molar-refractivity contribution < 1.29 is 19.0 Å². The summed E-state index contributed by atoms with van der Waals surface area (Å²) in [5.74, 6) is 1.21. The molecule has 0 bridgehead atoms. The van der Waals surface area contributed by atoms with Crippen molar-refractivity contribution in [3.05, 3.63) is 41.7 Å². The lowest BCUT2D eigenvalue weighted by Gasteiger charge is -2.23. The minimum atomic E-state index is -0.393. The van der Waals surface area contributed by atoms with Crippen LogP contribution in [0, 0.1) is 5.82 Å². The third kappa shape index (κ3) is 2.06. The van der Waals surface area contributed by atoms with Gasteiger partial charge in [-0.15, -0.1) is 0 Å². The van der Waals surface area contributed by atoms with E-state index in [0.29, 0.717) is 28.7 Å². The molecule has 2 aromatic carbocycles. The summed E-state index contributed by atoms with van der Waals surface area (Å²) >= 11 is 0. The summed E-state index contributed by atoms with van der Waals surface area (Å²) in [7, 11) is 0. The lowest BCUT2D eigenvalue weighted by Crippen LogP contribution is -2.06. The van der Waals surface area contributed by atoms with Gasteiger partial charge in [0.2, 0.25) is 0 Å². The van der Waals surface area contributed by atoms with E-state index in [1.54, 1.807) is 12.1 Å². The van der Waals surface area contributed by atoms with E-state index in [0.717, 1.165) is 5.56 Å². The standard InChI is InChI=1S/C15H14FNO3/c1-8(7-18)10-5-14-15(6-11(10)17)19-12-3-2-9(16)4-13(12)20-14/h2-6,8,18H,7,17H2,1H3. The number of benzene rings is 2. The highest BCUT2D eigenvalue weighted by Crippen LogP contribution is 2.47. The molecule has 1 atom stereocenters. The van der Waals surface area contributed by atoms with Crippen molar-refractivity contribution in [3.8, 4) is 23.0 Å². The molecular formula is C15H14FNO3. The summed E-state index contributed by atoms with van der Waals surface area (Å²) < 4.78 is 24.5. The monoisotopic (exact) mass is 275 g/mol. The average molecular weight is 275 g/mol. The van der Waals surface area contributed by atoms with Crippen LogP contribution in [0.25, 0.3) is 0 Å². The van der Waals surface area contributed by atoms with E-state index < -0.39 is 5.82 Å². The first kappa shape index (κ1) is 12.7. The van der Waals surface area contributed by atoms with Gasteiger partial charge in [0, 0.05) is 30.3 Å². The third-order valence-electron chi connectivity index (χ3n) is 3.30. The Labute approximate surface area is 115 Å². The summed E-state index contributed by atoms with van der Waals surface area (Å²) in [4.78, 5) is 0. The number of aliphatic hydroxyl groups is 1. The van der Waals surface area contributed by atoms with Gasteiger partial charge < -0.3 is 20.3 Å². The number of nitrogens with two attached hydrogens (primary N) is 1. The van der Waals surface area contributed by atoms with Crippen molar-refractivity contribution in [2.45, 2.75) is 12.8 Å². The average Bonchev–Trinajstić information content (AvgIpc) is 2.44. The van der Waals surface area contributed by atoms with Crippen LogP contribution in [-0.4, -0.2) is 11.7 Å². The Morgan fingerprint density at radius 1 is 1.10 bits per heavy atom. The van der Waals surface area contributed by atoms with Gasteiger partial charge >= 0.3 is 0 Å². The fraction of sp³-hybridized carbons (Fsp3) is 0.200. The topological polar surface area (TPSA) is 64.7 Å². The number of nitrogen functional groups attached to an aromatic ring is 1. The lowest BCUT2D eigenvalue weighted by atomic mass is 9.99. The van der Waals surface area contributed by atoms with Crippen LogP contribution in [-0.2, 0) is 0 Å². The molecule has 0 spiro atoms. The molecule has 0 saturated carbocycles. The van der Waals surface area contributed by atoms with Crippen molar-refractivity contribution in [2.24, 2.45) is 0 Å². The second kappa shape index (κ2) is 4.68. The first-order valence-corrected chi connectivity index (χ1v) is 6.28. The second-order valence-corrected chi connectivity index (χ2v) is 4.81. The van der Waals surface area contributed by atoms with Crippen LogP contribution in [0.1, 0.15) is 18.4 Å². The third-order valence-corrected chi connectivity index (χ3v) is 3.30. The molecule has 0 fully saturated rings. The smallest absolute Gasteiger partial charge is 0.173 e. The van der Waals surface area contributed by atoms with E-state index in [2.05, 4.69) is 0 Å². The maximum absolute atomic E-state index is 13.2. The van der Waals surface area contributed by atoms with E-state index in [4.69, 9.17) is 15.2 Å². The molecule has 1 aliphatic heterocycles. The molecule has 1 heterocycles. The number of fused-ring (bicyclic) bond motifs is 2. The molecule has 0 aliphatic carbocycles. The van der Waals surface area contributed by atoms with Crippen LogP contribution in [0.3, 0.4) is 0 Å². The Bertz CT molecular complexity index is 672. The predicted octanol–water partition coefficient (Wildman–Crippen LogP) is 3.40. The molecule has 1 aliphatic rings. The summed E-state index contributed by atoms with van der Waals surface area (Å²) in [6, 6.07) is 7.46. The zero-order chi connectivity index (χ0) is 14.3. The molecule has 4 nitrogen and oxygen atoms in total. The van der Waals surface area contributed by atoms with Crippen molar-refractivity contribution in [2.75, 3.05) is 12.3 Å². The summed E-state index contributed by atoms with van der Waals surface area (Å²) in [6.45, 7) is 1.84. The Morgan fingerprint density at radius 3 is 2.50 bits per heavy atom. The van der Waals surface area contributed by atoms with Gasteiger partial charge in [-0.05, 0) is 23.8 Å². The number of rotatable bonds is 2. The Morgan fingerprint density at radius 2 is 1.75 bits per heavy atom. The van der Waals surface area contributed by atoms with Gasteiger partial charge in [0.15, 0.2) is 23.0 Å². The van der Waals surface area contributed by atoms with Gasteiger partial charge in [-0.3, -0.25) is 0 Å². The van der Waals surface area contributed by atoms with Crippen LogP contribution >= 0.6 is 0 Å². The van der Waals surface area contributed by atoms with E-state index >= 15 is 0 Å². The number of hydrogen-bond donors (Lipinski definition) is 2. The predicted molar refractivity (Wildman–Crippen MR) is 72.9 cm³/mol. The molecule has 104 valence electrons. The first-order chi connectivity index (χ1) is 9.58. The number of halogens is 1. The van der Waals surface area contributed by atoms with Crippen LogP contribution in [0.2, 0.25) is 0 Å². The zero-order valence-electron chi connectivity index (χ0n) is 10.9. The van der Waals surface area contributed by atoms with E-state index in [1.165, 1.54) is 18.2 Å². The molecule has 2 aromatic rings. The normalized spacial score (nSPS) is 13.8. The molecule has 3 rings (SSSR count). The van der Waals surface area contributed by atoms with Crippen molar-refractivity contribution in [3.63, 3.8) is 0 Å². The summed E-state index contributed by atoms with van der Waals surface area (Å²) in [6.07, 6.45) is 0. The quantitative estimate of drug-likeness (QED) is 0.703. The number of aliphatic hydroxyl groups excluding tert-OH is 1. The molecule has 5 heteroatoms. The molecule has 0 aromatic heterocycles. The fourth-order valence-corrected chi connectivity index (χ4v) is 2.16. The molecule has 0 saturated heterocycles. The van der Waals surface area contributed by atoms with Gasteiger partial charge in [-0.2, -0.15) is 0 Å². The zero-order valence-corrected chi connectivity index (χ0v) is 10.9. The minimum Gasteiger partial charge on any atom is -0.449 e. The lowest BCUT2D eigenvalue weighted by molar-refractivity contribution is 0.273. The van der Waals surface area contributed by atoms with Gasteiger partial charge in [-0.1, -0.05) is 6.92 Å². The Kier molecular flexibility index (Phi) is 2.99. The minimum absolute atomic E-state index is 0.0188. The van der Waals surface area contributed by atoms with Crippen molar-refractivity contribution in [1.29, 1.82) is 0 Å². The Balaban J connectivity index is 2.04. The summed E-state index contributed by atoms with van der Waals surface area (Å²) in [5, 5.41) is 9.23.